The molecule has 1 amide bonds. The summed E-state index contributed by atoms with van der Waals surface area (Å²) in [6.45, 7) is 7.41. The normalized spacial score (nSPS) is 16.8. The summed E-state index contributed by atoms with van der Waals surface area (Å²) in [6.07, 6.45) is 5.78. The molecule has 3 N–H and O–H groups in total. The minimum Gasteiger partial charge on any atom is -0.385 e. The molecule has 0 atom stereocenters. The molecule has 1 rings (SSSR count). The van der Waals surface area contributed by atoms with Crippen LogP contribution in [0.3, 0.4) is 0 Å². The second-order valence-corrected chi connectivity index (χ2v) is 6.00. The lowest BCUT2D eigenvalue weighted by molar-refractivity contribution is -0.119. The van der Waals surface area contributed by atoms with E-state index in [0.717, 1.165) is 38.5 Å². The highest BCUT2D eigenvalue weighted by Gasteiger charge is 2.36. The van der Waals surface area contributed by atoms with Gasteiger partial charge in [0.15, 0.2) is 5.96 Å². The molecule has 6 nitrogen and oxygen atoms in total. The number of guanidine groups is 1. The van der Waals surface area contributed by atoms with Crippen molar-refractivity contribution in [1.82, 2.24) is 16.0 Å². The number of rotatable bonds is 10. The van der Waals surface area contributed by atoms with E-state index in [-0.39, 0.29) is 12.5 Å². The molecular formula is C16H32N4O2. The van der Waals surface area contributed by atoms with Crippen LogP contribution < -0.4 is 16.0 Å². The van der Waals surface area contributed by atoms with E-state index in [9.17, 15) is 4.79 Å². The number of aliphatic imine (C=N–C) groups is 1. The van der Waals surface area contributed by atoms with Crippen molar-refractivity contribution < 1.29 is 9.53 Å². The Labute approximate surface area is 134 Å². The first kappa shape index (κ1) is 18.7. The van der Waals surface area contributed by atoms with E-state index in [2.05, 4.69) is 20.9 Å². The van der Waals surface area contributed by atoms with E-state index in [0.29, 0.717) is 12.0 Å². The van der Waals surface area contributed by atoms with Crippen molar-refractivity contribution in [3.63, 3.8) is 0 Å². The average molecular weight is 312 g/mol. The fourth-order valence-corrected chi connectivity index (χ4v) is 2.59. The van der Waals surface area contributed by atoms with Crippen LogP contribution in [0.4, 0.5) is 0 Å². The van der Waals surface area contributed by atoms with Crippen molar-refractivity contribution in [1.29, 1.82) is 0 Å². The number of hydrogen-bond acceptors (Lipinski definition) is 3. The third-order valence-corrected chi connectivity index (χ3v) is 4.18. The first-order valence-corrected chi connectivity index (χ1v) is 8.43. The fraction of sp³-hybridized carbons (Fsp3) is 0.875. The van der Waals surface area contributed by atoms with Crippen LogP contribution >= 0.6 is 0 Å². The second kappa shape index (κ2) is 10.4. The van der Waals surface area contributed by atoms with Gasteiger partial charge in [-0.05, 0) is 38.0 Å². The van der Waals surface area contributed by atoms with Gasteiger partial charge in [0.25, 0.3) is 0 Å². The second-order valence-electron chi connectivity index (χ2n) is 6.00. The Morgan fingerprint density at radius 1 is 1.23 bits per heavy atom. The molecule has 0 aromatic carbocycles. The van der Waals surface area contributed by atoms with E-state index >= 15 is 0 Å². The molecule has 0 radical (unpaired) electrons. The molecule has 0 heterocycles. The van der Waals surface area contributed by atoms with Gasteiger partial charge in [-0.15, -0.1) is 0 Å². The summed E-state index contributed by atoms with van der Waals surface area (Å²) < 4.78 is 5.22. The summed E-state index contributed by atoms with van der Waals surface area (Å²) in [6, 6.07) is 0. The Morgan fingerprint density at radius 3 is 2.55 bits per heavy atom. The molecule has 0 aromatic heterocycles. The van der Waals surface area contributed by atoms with Gasteiger partial charge in [0.2, 0.25) is 5.91 Å². The highest BCUT2D eigenvalue weighted by Crippen LogP contribution is 2.43. The zero-order chi connectivity index (χ0) is 16.3. The van der Waals surface area contributed by atoms with Gasteiger partial charge in [-0.25, -0.2) is 4.99 Å². The maximum atomic E-state index is 11.6. The maximum Gasteiger partial charge on any atom is 0.241 e. The van der Waals surface area contributed by atoms with Crippen LogP contribution in [0.1, 0.15) is 46.0 Å². The lowest BCUT2D eigenvalue weighted by atomic mass is 9.67. The summed E-state index contributed by atoms with van der Waals surface area (Å²) in [5.41, 5.74) is 0.330. The molecule has 0 bridgehead atoms. The average Bonchev–Trinajstić information content (AvgIpc) is 2.48. The van der Waals surface area contributed by atoms with E-state index in [4.69, 9.17) is 4.74 Å². The Balaban J connectivity index is 2.43. The van der Waals surface area contributed by atoms with Crippen LogP contribution in [-0.2, 0) is 9.53 Å². The standard InChI is InChI=1S/C16H32N4O2/c1-4-10-18-14(21)12-19-15(17-5-2)20-13-16(7-6-8-16)9-11-22-3/h4-13H2,1-3H3,(H,18,21)(H2,17,19,20). The SMILES string of the molecule is CCCNC(=O)CN=C(NCC)NCC1(CCOC)CCC1. The van der Waals surface area contributed by atoms with Crippen molar-refractivity contribution in [2.75, 3.05) is 39.9 Å². The van der Waals surface area contributed by atoms with Crippen molar-refractivity contribution in [3.05, 3.63) is 0 Å². The summed E-state index contributed by atoms with van der Waals surface area (Å²) >= 11 is 0. The van der Waals surface area contributed by atoms with Crippen molar-refractivity contribution in [2.45, 2.75) is 46.0 Å². The maximum absolute atomic E-state index is 11.6. The van der Waals surface area contributed by atoms with Gasteiger partial charge in [-0.1, -0.05) is 13.3 Å². The quantitative estimate of drug-likeness (QED) is 0.419. The Kier molecular flexibility index (Phi) is 8.89. The molecule has 0 saturated heterocycles. The smallest absolute Gasteiger partial charge is 0.241 e. The van der Waals surface area contributed by atoms with Crippen molar-refractivity contribution >= 4 is 11.9 Å². The number of carbonyl (C=O) groups excluding carboxylic acids is 1. The van der Waals surface area contributed by atoms with Gasteiger partial charge in [0.05, 0.1) is 0 Å². The third kappa shape index (κ3) is 6.64. The van der Waals surface area contributed by atoms with Crippen LogP contribution in [0.5, 0.6) is 0 Å². The number of amides is 1. The Morgan fingerprint density at radius 2 is 2.00 bits per heavy atom. The zero-order valence-electron chi connectivity index (χ0n) is 14.3. The first-order valence-electron chi connectivity index (χ1n) is 8.43. The summed E-state index contributed by atoms with van der Waals surface area (Å²) in [4.78, 5) is 16.0. The minimum atomic E-state index is -0.0307. The summed E-state index contributed by atoms with van der Waals surface area (Å²) in [5, 5.41) is 9.42. The van der Waals surface area contributed by atoms with Gasteiger partial charge in [-0.2, -0.15) is 0 Å². The molecule has 6 heteroatoms. The number of ether oxygens (including phenoxy) is 1. The predicted octanol–water partition coefficient (Wildman–Crippen LogP) is 1.27. The van der Waals surface area contributed by atoms with Gasteiger partial charge in [0, 0.05) is 33.4 Å². The molecule has 128 valence electrons. The lowest BCUT2D eigenvalue weighted by Crippen LogP contribution is -2.47. The van der Waals surface area contributed by atoms with Crippen molar-refractivity contribution in [3.8, 4) is 0 Å². The molecule has 0 unspecified atom stereocenters. The molecule has 22 heavy (non-hydrogen) atoms. The van der Waals surface area contributed by atoms with E-state index in [1.165, 1.54) is 19.3 Å². The fourth-order valence-electron chi connectivity index (χ4n) is 2.59. The molecule has 0 aliphatic heterocycles. The Hall–Kier alpha value is -1.30. The zero-order valence-corrected chi connectivity index (χ0v) is 14.3. The van der Waals surface area contributed by atoms with Crippen LogP contribution in [0, 0.1) is 5.41 Å². The summed E-state index contributed by atoms with van der Waals surface area (Å²) in [7, 11) is 1.75. The highest BCUT2D eigenvalue weighted by molar-refractivity contribution is 5.84. The van der Waals surface area contributed by atoms with Gasteiger partial charge < -0.3 is 20.7 Å². The van der Waals surface area contributed by atoms with Crippen LogP contribution in [0.2, 0.25) is 0 Å². The summed E-state index contributed by atoms with van der Waals surface area (Å²) in [5.74, 6) is 0.689. The monoisotopic (exact) mass is 312 g/mol. The molecule has 0 aromatic rings. The molecule has 1 aliphatic carbocycles. The van der Waals surface area contributed by atoms with Gasteiger partial charge in [0.1, 0.15) is 6.54 Å². The number of methoxy groups -OCH3 is 1. The van der Waals surface area contributed by atoms with Crippen LogP contribution in [-0.4, -0.2) is 51.8 Å². The molecule has 0 spiro atoms. The van der Waals surface area contributed by atoms with Gasteiger partial charge in [-0.3, -0.25) is 4.79 Å². The topological polar surface area (TPSA) is 74.8 Å². The molecule has 1 saturated carbocycles. The highest BCUT2D eigenvalue weighted by atomic mass is 16.5. The molecular weight excluding hydrogens is 280 g/mol. The number of hydrogen-bond donors (Lipinski definition) is 3. The van der Waals surface area contributed by atoms with Crippen LogP contribution in [0.25, 0.3) is 0 Å². The van der Waals surface area contributed by atoms with E-state index < -0.39 is 0 Å². The minimum absolute atomic E-state index is 0.0307. The third-order valence-electron chi connectivity index (χ3n) is 4.18. The lowest BCUT2D eigenvalue weighted by Gasteiger charge is -2.42. The molecule has 1 fully saturated rings. The molecule has 1 aliphatic rings. The van der Waals surface area contributed by atoms with Gasteiger partial charge >= 0.3 is 0 Å². The van der Waals surface area contributed by atoms with E-state index in [1.807, 2.05) is 13.8 Å². The number of carbonyl (C=O) groups is 1. The first-order chi connectivity index (χ1) is 10.7. The van der Waals surface area contributed by atoms with Crippen LogP contribution in [0.15, 0.2) is 4.99 Å². The Bertz CT molecular complexity index is 354. The predicted molar refractivity (Wildman–Crippen MR) is 90.1 cm³/mol. The van der Waals surface area contributed by atoms with Crippen molar-refractivity contribution in [2.24, 2.45) is 10.4 Å². The number of nitrogens with zero attached hydrogens (tertiary/aromatic N) is 1. The van der Waals surface area contributed by atoms with E-state index in [1.54, 1.807) is 7.11 Å². The number of nitrogens with one attached hydrogen (secondary N) is 3. The largest absolute Gasteiger partial charge is 0.385 e.